The van der Waals surface area contributed by atoms with Crippen molar-refractivity contribution in [2.45, 2.75) is 20.3 Å². The molecule has 0 aliphatic heterocycles. The van der Waals surface area contributed by atoms with Gasteiger partial charge in [0, 0.05) is 17.3 Å². The molecule has 1 amide bonds. The molecule has 22 heavy (non-hydrogen) atoms. The van der Waals surface area contributed by atoms with E-state index in [0.717, 1.165) is 16.8 Å². The molecule has 116 valence electrons. The number of rotatable bonds is 5. The number of hydrogen-bond donors (Lipinski definition) is 1. The van der Waals surface area contributed by atoms with Gasteiger partial charge in [-0.2, -0.15) is 0 Å². The lowest BCUT2D eigenvalue weighted by molar-refractivity contribution is -0.115. The highest BCUT2D eigenvalue weighted by atomic mass is 16.5. The quantitative estimate of drug-likeness (QED) is 0.919. The maximum atomic E-state index is 12.2. The molecule has 2 rings (SSSR count). The number of methoxy groups -OCH3 is 2. The van der Waals surface area contributed by atoms with Crippen molar-refractivity contribution in [3.63, 3.8) is 0 Å². The lowest BCUT2D eigenvalue weighted by Crippen LogP contribution is -2.15. The summed E-state index contributed by atoms with van der Waals surface area (Å²) in [5.74, 6) is 1.28. The van der Waals surface area contributed by atoms with E-state index in [4.69, 9.17) is 9.47 Å². The number of carbonyl (C=O) groups is 1. The summed E-state index contributed by atoms with van der Waals surface area (Å²) in [5, 5.41) is 2.94. The van der Waals surface area contributed by atoms with Crippen molar-refractivity contribution in [2.24, 2.45) is 0 Å². The van der Waals surface area contributed by atoms with Crippen molar-refractivity contribution in [3.05, 3.63) is 53.1 Å². The Hall–Kier alpha value is -2.49. The molecule has 0 aromatic heterocycles. The molecule has 0 bridgehead atoms. The maximum absolute atomic E-state index is 12.2. The standard InChI is InChI=1S/C18H21NO3/c1-12-5-8-16(13(2)9-12)19-18(20)10-14-6-7-15(21-3)11-17(14)22-4/h5-9,11H,10H2,1-4H3,(H,19,20). The van der Waals surface area contributed by atoms with Crippen LogP contribution < -0.4 is 14.8 Å². The highest BCUT2D eigenvalue weighted by molar-refractivity contribution is 5.93. The topological polar surface area (TPSA) is 47.6 Å². The van der Waals surface area contributed by atoms with Crippen LogP contribution in [0.2, 0.25) is 0 Å². The minimum absolute atomic E-state index is 0.0737. The zero-order valence-corrected chi connectivity index (χ0v) is 13.4. The predicted octanol–water partition coefficient (Wildman–Crippen LogP) is 3.50. The van der Waals surface area contributed by atoms with Gasteiger partial charge in [-0.3, -0.25) is 4.79 Å². The normalized spacial score (nSPS) is 10.2. The SMILES string of the molecule is COc1ccc(CC(=O)Nc2ccc(C)cc2C)c(OC)c1. The summed E-state index contributed by atoms with van der Waals surface area (Å²) in [7, 11) is 3.18. The Morgan fingerprint density at radius 2 is 1.82 bits per heavy atom. The molecule has 0 radical (unpaired) electrons. The van der Waals surface area contributed by atoms with Gasteiger partial charge < -0.3 is 14.8 Å². The third-order valence-corrected chi connectivity index (χ3v) is 3.50. The first-order valence-corrected chi connectivity index (χ1v) is 7.11. The van der Waals surface area contributed by atoms with Crippen LogP contribution in [0.15, 0.2) is 36.4 Å². The third kappa shape index (κ3) is 3.79. The number of aryl methyl sites for hydroxylation is 2. The summed E-state index contributed by atoms with van der Waals surface area (Å²) < 4.78 is 10.5. The molecule has 0 spiro atoms. The molecular formula is C18H21NO3. The number of nitrogens with one attached hydrogen (secondary N) is 1. The van der Waals surface area contributed by atoms with Gasteiger partial charge in [-0.05, 0) is 31.5 Å². The summed E-state index contributed by atoms with van der Waals surface area (Å²) in [5.41, 5.74) is 3.89. The summed E-state index contributed by atoms with van der Waals surface area (Å²) in [4.78, 5) is 12.2. The summed E-state index contributed by atoms with van der Waals surface area (Å²) in [6, 6.07) is 11.4. The maximum Gasteiger partial charge on any atom is 0.228 e. The number of ether oxygens (including phenoxy) is 2. The van der Waals surface area contributed by atoms with E-state index in [2.05, 4.69) is 5.32 Å². The number of benzene rings is 2. The highest BCUT2D eigenvalue weighted by Crippen LogP contribution is 2.25. The Bertz CT molecular complexity index is 680. The average molecular weight is 299 g/mol. The van der Waals surface area contributed by atoms with Crippen LogP contribution in [-0.2, 0) is 11.2 Å². The van der Waals surface area contributed by atoms with Crippen LogP contribution in [0.5, 0.6) is 11.5 Å². The van der Waals surface area contributed by atoms with Crippen molar-refractivity contribution in [3.8, 4) is 11.5 Å². The second-order valence-electron chi connectivity index (χ2n) is 5.22. The molecule has 0 atom stereocenters. The van der Waals surface area contributed by atoms with Gasteiger partial charge in [-0.15, -0.1) is 0 Å². The van der Waals surface area contributed by atoms with Gasteiger partial charge in [0.05, 0.1) is 20.6 Å². The largest absolute Gasteiger partial charge is 0.497 e. The molecule has 2 aromatic carbocycles. The molecule has 0 heterocycles. The smallest absolute Gasteiger partial charge is 0.228 e. The van der Waals surface area contributed by atoms with Crippen molar-refractivity contribution in [1.82, 2.24) is 0 Å². The Labute approximate surface area is 131 Å². The number of amides is 1. The fraction of sp³-hybridized carbons (Fsp3) is 0.278. The molecule has 0 saturated carbocycles. The zero-order chi connectivity index (χ0) is 16.1. The Morgan fingerprint density at radius 1 is 1.05 bits per heavy atom. The predicted molar refractivity (Wildman–Crippen MR) is 87.8 cm³/mol. The highest BCUT2D eigenvalue weighted by Gasteiger charge is 2.11. The van der Waals surface area contributed by atoms with E-state index in [-0.39, 0.29) is 12.3 Å². The van der Waals surface area contributed by atoms with Gasteiger partial charge in [-0.25, -0.2) is 0 Å². The van der Waals surface area contributed by atoms with E-state index >= 15 is 0 Å². The Balaban J connectivity index is 2.12. The van der Waals surface area contributed by atoms with Gasteiger partial charge >= 0.3 is 0 Å². The third-order valence-electron chi connectivity index (χ3n) is 3.50. The van der Waals surface area contributed by atoms with Crippen LogP contribution in [0.4, 0.5) is 5.69 Å². The molecule has 2 aromatic rings. The second kappa shape index (κ2) is 6.98. The minimum Gasteiger partial charge on any atom is -0.497 e. The van der Waals surface area contributed by atoms with E-state index < -0.39 is 0 Å². The molecule has 0 unspecified atom stereocenters. The van der Waals surface area contributed by atoms with Crippen molar-refractivity contribution >= 4 is 11.6 Å². The monoisotopic (exact) mass is 299 g/mol. The first-order valence-electron chi connectivity index (χ1n) is 7.11. The molecule has 4 heteroatoms. The number of hydrogen-bond acceptors (Lipinski definition) is 3. The van der Waals surface area contributed by atoms with Crippen LogP contribution in [-0.4, -0.2) is 20.1 Å². The molecule has 0 saturated heterocycles. The minimum atomic E-state index is -0.0737. The van der Waals surface area contributed by atoms with Crippen molar-refractivity contribution < 1.29 is 14.3 Å². The second-order valence-corrected chi connectivity index (χ2v) is 5.22. The van der Waals surface area contributed by atoms with Gasteiger partial charge in [0.2, 0.25) is 5.91 Å². The summed E-state index contributed by atoms with van der Waals surface area (Å²) in [6.07, 6.45) is 0.250. The van der Waals surface area contributed by atoms with Gasteiger partial charge in [0.1, 0.15) is 11.5 Å². The Kier molecular flexibility index (Phi) is 5.04. The van der Waals surface area contributed by atoms with Crippen LogP contribution >= 0.6 is 0 Å². The van der Waals surface area contributed by atoms with E-state index in [9.17, 15) is 4.79 Å². The first-order chi connectivity index (χ1) is 10.5. The van der Waals surface area contributed by atoms with Crippen LogP contribution in [0, 0.1) is 13.8 Å². The van der Waals surface area contributed by atoms with Gasteiger partial charge in [0.25, 0.3) is 0 Å². The molecule has 0 aliphatic carbocycles. The molecule has 1 N–H and O–H groups in total. The van der Waals surface area contributed by atoms with Crippen molar-refractivity contribution in [2.75, 3.05) is 19.5 Å². The van der Waals surface area contributed by atoms with Crippen LogP contribution in [0.3, 0.4) is 0 Å². The lowest BCUT2D eigenvalue weighted by atomic mass is 10.1. The molecule has 0 fully saturated rings. The molecule has 0 aliphatic rings. The first kappa shape index (κ1) is 15.9. The van der Waals surface area contributed by atoms with E-state index in [0.29, 0.717) is 11.5 Å². The summed E-state index contributed by atoms with van der Waals surface area (Å²) >= 11 is 0. The van der Waals surface area contributed by atoms with E-state index in [1.54, 1.807) is 20.3 Å². The zero-order valence-electron chi connectivity index (χ0n) is 13.4. The molecule has 4 nitrogen and oxygen atoms in total. The van der Waals surface area contributed by atoms with Crippen molar-refractivity contribution in [1.29, 1.82) is 0 Å². The fourth-order valence-electron chi connectivity index (χ4n) is 2.32. The number of anilines is 1. The average Bonchev–Trinajstić information content (AvgIpc) is 2.50. The van der Waals surface area contributed by atoms with Crippen LogP contribution in [0.1, 0.15) is 16.7 Å². The molecular weight excluding hydrogens is 278 g/mol. The lowest BCUT2D eigenvalue weighted by Gasteiger charge is -2.12. The van der Waals surface area contributed by atoms with Gasteiger partial charge in [0.15, 0.2) is 0 Å². The number of carbonyl (C=O) groups excluding carboxylic acids is 1. The summed E-state index contributed by atoms with van der Waals surface area (Å²) in [6.45, 7) is 4.01. The van der Waals surface area contributed by atoms with Gasteiger partial charge in [-0.1, -0.05) is 23.8 Å². The Morgan fingerprint density at radius 3 is 2.45 bits per heavy atom. The van der Waals surface area contributed by atoms with E-state index in [1.807, 2.05) is 44.2 Å². The fourth-order valence-corrected chi connectivity index (χ4v) is 2.32. The van der Waals surface area contributed by atoms with Crippen LogP contribution in [0.25, 0.3) is 0 Å². The van der Waals surface area contributed by atoms with E-state index in [1.165, 1.54) is 5.56 Å².